The van der Waals surface area contributed by atoms with Gasteiger partial charge in [0.25, 0.3) is 0 Å². The fourth-order valence-corrected chi connectivity index (χ4v) is 9.86. The third-order valence-corrected chi connectivity index (χ3v) is 14.8. The number of rotatable bonds is 6. The highest BCUT2D eigenvalue weighted by Gasteiger charge is 2.36. The molecule has 252 valence electrons. The summed E-state index contributed by atoms with van der Waals surface area (Å²) in [7, 11) is -2.88. The van der Waals surface area contributed by atoms with Crippen LogP contribution in [0.4, 0.5) is 0 Å². The number of aromatic nitrogens is 3. The summed E-state index contributed by atoms with van der Waals surface area (Å²) in [5.74, 6) is 2.07. The summed E-state index contributed by atoms with van der Waals surface area (Å²) in [6.45, 7) is 19.0. The monoisotopic (exact) mass is 695 g/mol. The Morgan fingerprint density at radius 2 is 0.941 bits per heavy atom. The Morgan fingerprint density at radius 1 is 0.431 bits per heavy atom. The van der Waals surface area contributed by atoms with Crippen LogP contribution in [0.15, 0.2) is 127 Å². The first-order chi connectivity index (χ1) is 24.3. The van der Waals surface area contributed by atoms with E-state index < -0.39 is 16.1 Å². The Kier molecular flexibility index (Phi) is 7.85. The van der Waals surface area contributed by atoms with Gasteiger partial charge in [0.05, 0.1) is 16.1 Å². The molecule has 3 nitrogen and oxygen atoms in total. The summed E-state index contributed by atoms with van der Waals surface area (Å²) in [5, 5.41) is 5.45. The molecule has 0 bridgehead atoms. The molecule has 1 heterocycles. The molecule has 0 unspecified atom stereocenters. The van der Waals surface area contributed by atoms with Crippen LogP contribution in [-0.4, -0.2) is 31.1 Å². The van der Waals surface area contributed by atoms with Crippen LogP contribution in [0.5, 0.6) is 0 Å². The second-order valence-electron chi connectivity index (χ2n) is 16.6. The second kappa shape index (κ2) is 12.1. The molecule has 51 heavy (non-hydrogen) atoms. The van der Waals surface area contributed by atoms with Crippen molar-refractivity contribution in [2.45, 2.75) is 58.5 Å². The largest absolute Gasteiger partial charge is 0.208 e. The van der Waals surface area contributed by atoms with E-state index in [9.17, 15) is 0 Å². The van der Waals surface area contributed by atoms with E-state index in [0.29, 0.717) is 17.5 Å². The SMILES string of the molecule is CC1(C)c2cc(-c3cccc(-c4nc(-c5ccc([Si](C)(C)C)cc5)nc(-c5ccc([Si](C)(C)C)cc5)n4)c3)ccc2-c2c1ccc1ccccc21. The first-order valence-electron chi connectivity index (χ1n) is 18.0. The molecule has 0 spiro atoms. The van der Waals surface area contributed by atoms with Gasteiger partial charge in [-0.05, 0) is 56.3 Å². The fraction of sp³-hybridized carbons (Fsp3) is 0.196. The van der Waals surface area contributed by atoms with Gasteiger partial charge in [-0.2, -0.15) is 0 Å². The molecule has 1 aromatic heterocycles. The summed E-state index contributed by atoms with van der Waals surface area (Å²) in [6, 6.07) is 46.7. The van der Waals surface area contributed by atoms with Gasteiger partial charge in [-0.15, -0.1) is 0 Å². The van der Waals surface area contributed by atoms with Gasteiger partial charge in [0.1, 0.15) is 0 Å². The van der Waals surface area contributed by atoms with E-state index in [0.717, 1.165) is 22.3 Å². The van der Waals surface area contributed by atoms with E-state index in [1.165, 1.54) is 49.0 Å². The Morgan fingerprint density at radius 3 is 1.53 bits per heavy atom. The van der Waals surface area contributed by atoms with Crippen molar-refractivity contribution in [3.05, 3.63) is 139 Å². The van der Waals surface area contributed by atoms with Gasteiger partial charge in [0, 0.05) is 22.1 Å². The molecule has 0 saturated carbocycles. The molecule has 0 aliphatic heterocycles. The Labute approximate surface area is 304 Å². The van der Waals surface area contributed by atoms with E-state index >= 15 is 0 Å². The highest BCUT2D eigenvalue weighted by molar-refractivity contribution is 6.89. The molecule has 0 atom stereocenters. The molecule has 0 saturated heterocycles. The topological polar surface area (TPSA) is 38.7 Å². The highest BCUT2D eigenvalue weighted by atomic mass is 28.3. The number of hydrogen-bond acceptors (Lipinski definition) is 3. The summed E-state index contributed by atoms with van der Waals surface area (Å²) >= 11 is 0. The van der Waals surface area contributed by atoms with E-state index in [1.807, 2.05) is 0 Å². The van der Waals surface area contributed by atoms with Crippen LogP contribution in [0.3, 0.4) is 0 Å². The lowest BCUT2D eigenvalue weighted by Crippen LogP contribution is -2.37. The molecular formula is C46H45N3Si2. The number of nitrogens with zero attached hydrogens (tertiary/aromatic N) is 3. The van der Waals surface area contributed by atoms with Crippen molar-refractivity contribution in [3.8, 4) is 56.4 Å². The molecule has 1 aliphatic carbocycles. The lowest BCUT2D eigenvalue weighted by Gasteiger charge is -2.22. The van der Waals surface area contributed by atoms with Crippen molar-refractivity contribution in [3.63, 3.8) is 0 Å². The maximum absolute atomic E-state index is 5.12. The van der Waals surface area contributed by atoms with E-state index in [-0.39, 0.29) is 5.41 Å². The van der Waals surface area contributed by atoms with Crippen molar-refractivity contribution in [1.29, 1.82) is 0 Å². The number of benzene rings is 6. The van der Waals surface area contributed by atoms with Gasteiger partial charge >= 0.3 is 0 Å². The maximum Gasteiger partial charge on any atom is 0.164 e. The van der Waals surface area contributed by atoms with Crippen molar-refractivity contribution in [2.24, 2.45) is 0 Å². The molecule has 0 N–H and O–H groups in total. The quantitative estimate of drug-likeness (QED) is 0.163. The van der Waals surface area contributed by atoms with Gasteiger partial charge in [-0.1, -0.05) is 179 Å². The molecule has 0 radical (unpaired) electrons. The third-order valence-electron chi connectivity index (χ3n) is 10.7. The van der Waals surface area contributed by atoms with Gasteiger partial charge in [-0.25, -0.2) is 15.0 Å². The van der Waals surface area contributed by atoms with Crippen molar-refractivity contribution < 1.29 is 0 Å². The van der Waals surface area contributed by atoms with Crippen LogP contribution in [0.25, 0.3) is 67.2 Å². The Balaban J connectivity index is 1.22. The lowest BCUT2D eigenvalue weighted by atomic mass is 9.81. The van der Waals surface area contributed by atoms with Gasteiger partial charge in [0.15, 0.2) is 17.5 Å². The van der Waals surface area contributed by atoms with Crippen LogP contribution in [-0.2, 0) is 5.41 Å². The zero-order valence-electron chi connectivity index (χ0n) is 31.0. The fourth-order valence-electron chi connectivity index (χ4n) is 7.53. The Hall–Kier alpha value is -4.98. The predicted molar refractivity (Wildman–Crippen MR) is 223 cm³/mol. The van der Waals surface area contributed by atoms with Crippen LogP contribution >= 0.6 is 0 Å². The first kappa shape index (κ1) is 33.2. The molecule has 0 amide bonds. The predicted octanol–water partition coefficient (Wildman–Crippen LogP) is 11.1. The minimum Gasteiger partial charge on any atom is -0.208 e. The van der Waals surface area contributed by atoms with E-state index in [4.69, 9.17) is 15.0 Å². The average Bonchev–Trinajstić information content (AvgIpc) is 3.36. The second-order valence-corrected chi connectivity index (χ2v) is 26.8. The normalized spacial score (nSPS) is 13.6. The first-order valence-corrected chi connectivity index (χ1v) is 25.0. The Bertz CT molecular complexity index is 2370. The van der Waals surface area contributed by atoms with Crippen molar-refractivity contribution >= 4 is 37.3 Å². The van der Waals surface area contributed by atoms with Crippen LogP contribution in [0, 0.1) is 0 Å². The van der Waals surface area contributed by atoms with Crippen molar-refractivity contribution in [1.82, 2.24) is 15.0 Å². The van der Waals surface area contributed by atoms with Gasteiger partial charge < -0.3 is 0 Å². The molecule has 5 heteroatoms. The summed E-state index contributed by atoms with van der Waals surface area (Å²) in [5.41, 5.74) is 10.7. The molecule has 0 fully saturated rings. The van der Waals surface area contributed by atoms with Crippen LogP contribution in [0.1, 0.15) is 25.0 Å². The molecular weight excluding hydrogens is 651 g/mol. The number of fused-ring (bicyclic) bond motifs is 5. The summed E-state index contributed by atoms with van der Waals surface area (Å²) < 4.78 is 0. The number of hydrogen-bond donors (Lipinski definition) is 0. The molecule has 8 rings (SSSR count). The zero-order chi connectivity index (χ0) is 35.7. The summed E-state index contributed by atoms with van der Waals surface area (Å²) in [6.07, 6.45) is 0. The minimum atomic E-state index is -1.44. The third kappa shape index (κ3) is 5.98. The molecule has 6 aromatic carbocycles. The van der Waals surface area contributed by atoms with Gasteiger partial charge in [-0.3, -0.25) is 0 Å². The van der Waals surface area contributed by atoms with Crippen LogP contribution < -0.4 is 10.4 Å². The van der Waals surface area contributed by atoms with Crippen LogP contribution in [0.2, 0.25) is 39.3 Å². The lowest BCUT2D eigenvalue weighted by molar-refractivity contribution is 0.661. The van der Waals surface area contributed by atoms with Gasteiger partial charge in [0.2, 0.25) is 0 Å². The minimum absolute atomic E-state index is 0.101. The molecule has 1 aliphatic rings. The molecule has 7 aromatic rings. The maximum atomic E-state index is 5.12. The zero-order valence-corrected chi connectivity index (χ0v) is 33.0. The van der Waals surface area contributed by atoms with Crippen molar-refractivity contribution in [2.75, 3.05) is 0 Å². The van der Waals surface area contributed by atoms with E-state index in [1.54, 1.807) is 0 Å². The summed E-state index contributed by atoms with van der Waals surface area (Å²) in [4.78, 5) is 15.3. The smallest absolute Gasteiger partial charge is 0.164 e. The average molecular weight is 696 g/mol. The highest BCUT2D eigenvalue weighted by Crippen LogP contribution is 2.52. The van der Waals surface area contributed by atoms with E-state index in [2.05, 4.69) is 181 Å². The standard InChI is InChI=1S/C46H45N3Si2/c1-46(2)40-27-21-30-12-9-10-15-38(30)42(40)39-26-20-34(29-41(39)46)33-13-11-14-35(28-33)45-48-43(31-16-22-36(23-17-31)50(3,4)5)47-44(49-45)32-18-24-37(25-19-32)51(6,7)8/h9-29H,1-8H3.